The van der Waals surface area contributed by atoms with Crippen LogP contribution in [0.1, 0.15) is 24.8 Å². The largest absolute Gasteiger partial charge is 0.393 e. The molecule has 3 N–H and O–H groups in total. The summed E-state index contributed by atoms with van der Waals surface area (Å²) in [6.07, 6.45) is 0.191. The molecule has 1 rings (SSSR count). The van der Waals surface area contributed by atoms with Gasteiger partial charge in [-0.15, -0.1) is 0 Å². The summed E-state index contributed by atoms with van der Waals surface area (Å²) in [4.78, 5) is 0. The first-order valence-electron chi connectivity index (χ1n) is 4.87. The quantitative estimate of drug-likeness (QED) is 0.887. The molecule has 0 aliphatic carbocycles. The summed E-state index contributed by atoms with van der Waals surface area (Å²) in [7, 11) is 0. The number of hydrogen-bond donors (Lipinski definition) is 2. The molecule has 0 spiro atoms. The second kappa shape index (κ2) is 5.58. The summed E-state index contributed by atoms with van der Waals surface area (Å²) in [5.74, 6) is -0.214. The molecule has 1 aromatic rings. The molecule has 0 radical (unpaired) electrons. The molecule has 15 heavy (non-hydrogen) atoms. The number of nitrogens with two attached hydrogens (primary N) is 1. The lowest BCUT2D eigenvalue weighted by molar-refractivity contribution is 0.175. The van der Waals surface area contributed by atoms with Gasteiger partial charge in [-0.1, -0.05) is 6.07 Å². The average molecular weight is 276 g/mol. The summed E-state index contributed by atoms with van der Waals surface area (Å²) in [6.45, 7) is 2.17. The Morgan fingerprint density at radius 1 is 1.53 bits per heavy atom. The van der Waals surface area contributed by atoms with Crippen molar-refractivity contribution >= 4 is 15.9 Å². The van der Waals surface area contributed by atoms with Gasteiger partial charge in [0.2, 0.25) is 0 Å². The van der Waals surface area contributed by atoms with Crippen molar-refractivity contribution < 1.29 is 9.50 Å². The summed E-state index contributed by atoms with van der Waals surface area (Å²) in [5.41, 5.74) is 6.57. The smallest absolute Gasteiger partial charge is 0.137 e. The van der Waals surface area contributed by atoms with Gasteiger partial charge in [0.05, 0.1) is 10.6 Å². The average Bonchev–Trinajstić information content (AvgIpc) is 2.18. The van der Waals surface area contributed by atoms with Crippen molar-refractivity contribution in [2.45, 2.75) is 25.4 Å². The Bertz CT molecular complexity index is 330. The fourth-order valence-electron chi connectivity index (χ4n) is 1.55. The van der Waals surface area contributed by atoms with Crippen LogP contribution < -0.4 is 5.73 Å². The summed E-state index contributed by atoms with van der Waals surface area (Å²) in [6, 6.07) is 4.83. The monoisotopic (exact) mass is 275 g/mol. The molecule has 0 saturated carbocycles. The van der Waals surface area contributed by atoms with Crippen LogP contribution in [0.3, 0.4) is 0 Å². The van der Waals surface area contributed by atoms with Crippen LogP contribution in [0.15, 0.2) is 22.7 Å². The number of aliphatic hydroxyl groups is 1. The van der Waals surface area contributed by atoms with E-state index in [0.29, 0.717) is 17.4 Å². The molecule has 0 bridgehead atoms. The number of halogens is 2. The highest BCUT2D eigenvalue weighted by atomic mass is 79.9. The van der Waals surface area contributed by atoms with Gasteiger partial charge in [-0.05, 0) is 59.4 Å². The second-order valence-electron chi connectivity index (χ2n) is 3.69. The maximum absolute atomic E-state index is 13.0. The van der Waals surface area contributed by atoms with Crippen molar-refractivity contribution in [2.24, 2.45) is 5.73 Å². The maximum Gasteiger partial charge on any atom is 0.137 e. The van der Waals surface area contributed by atoms with Crippen LogP contribution in [0.2, 0.25) is 0 Å². The molecular weight excluding hydrogens is 261 g/mol. The van der Waals surface area contributed by atoms with Crippen LogP contribution in [0.4, 0.5) is 4.39 Å². The first-order valence-corrected chi connectivity index (χ1v) is 5.67. The lowest BCUT2D eigenvalue weighted by Gasteiger charge is -2.17. The van der Waals surface area contributed by atoms with Crippen LogP contribution in [0.5, 0.6) is 0 Å². The van der Waals surface area contributed by atoms with Crippen LogP contribution in [-0.4, -0.2) is 17.8 Å². The molecule has 84 valence electrons. The Hall–Kier alpha value is -0.450. The predicted molar refractivity (Wildman–Crippen MR) is 62.2 cm³/mol. The topological polar surface area (TPSA) is 46.2 Å². The van der Waals surface area contributed by atoms with E-state index in [1.165, 1.54) is 6.07 Å². The number of benzene rings is 1. The molecule has 0 amide bonds. The van der Waals surface area contributed by atoms with Gasteiger partial charge in [-0.2, -0.15) is 0 Å². The molecule has 0 heterocycles. The van der Waals surface area contributed by atoms with Gasteiger partial charge in [-0.25, -0.2) is 4.39 Å². The Morgan fingerprint density at radius 2 is 2.20 bits per heavy atom. The molecule has 0 aliphatic heterocycles. The van der Waals surface area contributed by atoms with E-state index in [2.05, 4.69) is 15.9 Å². The van der Waals surface area contributed by atoms with Gasteiger partial charge >= 0.3 is 0 Å². The Labute approximate surface area is 97.4 Å². The third kappa shape index (κ3) is 3.55. The van der Waals surface area contributed by atoms with Crippen molar-refractivity contribution in [3.05, 3.63) is 34.1 Å². The first kappa shape index (κ1) is 12.6. The first-order chi connectivity index (χ1) is 7.04. The van der Waals surface area contributed by atoms with Crippen LogP contribution >= 0.6 is 15.9 Å². The zero-order valence-corrected chi connectivity index (χ0v) is 10.2. The molecule has 2 unspecified atom stereocenters. The predicted octanol–water partition coefficient (Wildman–Crippen LogP) is 2.40. The third-order valence-corrected chi connectivity index (χ3v) is 2.93. The lowest BCUT2D eigenvalue weighted by Crippen LogP contribution is -2.17. The Morgan fingerprint density at radius 3 is 2.67 bits per heavy atom. The number of aliphatic hydroxyl groups excluding tert-OH is 1. The van der Waals surface area contributed by atoms with E-state index in [0.717, 1.165) is 5.56 Å². The molecule has 0 aliphatic rings. The lowest BCUT2D eigenvalue weighted by atomic mass is 9.94. The maximum atomic E-state index is 13.0. The van der Waals surface area contributed by atoms with Crippen molar-refractivity contribution in [2.75, 3.05) is 6.54 Å². The normalized spacial score (nSPS) is 15.0. The van der Waals surface area contributed by atoms with E-state index in [1.807, 2.05) is 0 Å². The van der Waals surface area contributed by atoms with Gasteiger partial charge in [0.25, 0.3) is 0 Å². The van der Waals surface area contributed by atoms with Crippen LogP contribution in [0.25, 0.3) is 0 Å². The Balaban J connectivity index is 2.87. The van der Waals surface area contributed by atoms with E-state index in [-0.39, 0.29) is 11.7 Å². The SMILES string of the molecule is CC(O)CC(CN)c1ccc(F)c(Br)c1. The van der Waals surface area contributed by atoms with E-state index in [4.69, 9.17) is 5.73 Å². The molecule has 1 aromatic carbocycles. The van der Waals surface area contributed by atoms with Crippen LogP contribution in [-0.2, 0) is 0 Å². The highest BCUT2D eigenvalue weighted by molar-refractivity contribution is 9.10. The van der Waals surface area contributed by atoms with Crippen molar-refractivity contribution in [1.29, 1.82) is 0 Å². The molecule has 2 nitrogen and oxygen atoms in total. The van der Waals surface area contributed by atoms with E-state index >= 15 is 0 Å². The standard InChI is InChI=1S/C11H15BrFNO/c1-7(15)4-9(6-14)8-2-3-11(13)10(12)5-8/h2-3,5,7,9,15H,4,6,14H2,1H3. The minimum Gasteiger partial charge on any atom is -0.393 e. The van der Waals surface area contributed by atoms with Crippen molar-refractivity contribution in [1.82, 2.24) is 0 Å². The van der Waals surface area contributed by atoms with Gasteiger partial charge < -0.3 is 10.8 Å². The zero-order valence-electron chi connectivity index (χ0n) is 8.58. The highest BCUT2D eigenvalue weighted by Crippen LogP contribution is 2.25. The number of hydrogen-bond acceptors (Lipinski definition) is 2. The second-order valence-corrected chi connectivity index (χ2v) is 4.55. The van der Waals surface area contributed by atoms with Crippen LogP contribution in [0, 0.1) is 5.82 Å². The van der Waals surface area contributed by atoms with Crippen molar-refractivity contribution in [3.63, 3.8) is 0 Å². The van der Waals surface area contributed by atoms with Gasteiger partial charge in [0.1, 0.15) is 5.82 Å². The van der Waals surface area contributed by atoms with Gasteiger partial charge in [0, 0.05) is 0 Å². The minimum atomic E-state index is -0.401. The van der Waals surface area contributed by atoms with E-state index in [1.54, 1.807) is 19.1 Å². The molecule has 2 atom stereocenters. The Kier molecular flexibility index (Phi) is 4.70. The summed E-state index contributed by atoms with van der Waals surface area (Å²) in [5, 5.41) is 9.30. The van der Waals surface area contributed by atoms with Crippen molar-refractivity contribution in [3.8, 4) is 0 Å². The fraction of sp³-hybridized carbons (Fsp3) is 0.455. The molecule has 4 heteroatoms. The summed E-state index contributed by atoms with van der Waals surface area (Å²) >= 11 is 3.13. The molecular formula is C11H15BrFNO. The fourth-order valence-corrected chi connectivity index (χ4v) is 1.94. The van der Waals surface area contributed by atoms with Gasteiger partial charge in [0.15, 0.2) is 0 Å². The zero-order chi connectivity index (χ0) is 11.4. The summed E-state index contributed by atoms with van der Waals surface area (Å²) < 4.78 is 13.4. The third-order valence-electron chi connectivity index (χ3n) is 2.33. The molecule has 0 saturated heterocycles. The number of rotatable bonds is 4. The van der Waals surface area contributed by atoms with Gasteiger partial charge in [-0.3, -0.25) is 0 Å². The molecule has 0 aromatic heterocycles. The molecule has 0 fully saturated rings. The highest BCUT2D eigenvalue weighted by Gasteiger charge is 2.13. The minimum absolute atomic E-state index is 0.0712. The van der Waals surface area contributed by atoms with E-state index < -0.39 is 6.10 Å². The van der Waals surface area contributed by atoms with E-state index in [9.17, 15) is 9.50 Å².